The molecule has 2 rings (SSSR count). The number of aliphatic hydroxyl groups is 1. The summed E-state index contributed by atoms with van der Waals surface area (Å²) in [6.45, 7) is 2.55. The van der Waals surface area contributed by atoms with Gasteiger partial charge in [0.15, 0.2) is 0 Å². The number of nitrogens with zero attached hydrogens (tertiary/aromatic N) is 1. The lowest BCUT2D eigenvalue weighted by Gasteiger charge is -2.44. The van der Waals surface area contributed by atoms with Crippen LogP contribution in [0.5, 0.6) is 0 Å². The molecule has 1 aliphatic heterocycles. The van der Waals surface area contributed by atoms with Crippen molar-refractivity contribution in [3.05, 3.63) is 35.9 Å². The third-order valence-electron chi connectivity index (χ3n) is 3.04. The molecule has 1 unspecified atom stereocenters. The van der Waals surface area contributed by atoms with Crippen LogP contribution in [-0.2, 0) is 4.79 Å². The van der Waals surface area contributed by atoms with E-state index in [1.54, 1.807) is 11.8 Å². The Hall–Kier alpha value is -1.39. The highest BCUT2D eigenvalue weighted by Gasteiger charge is 2.39. The molecule has 1 aliphatic rings. The normalized spacial score (nSPS) is 19.6. The highest BCUT2D eigenvalue weighted by Crippen LogP contribution is 2.23. The molecule has 1 heterocycles. The zero-order valence-corrected chi connectivity index (χ0v) is 9.97. The molecule has 3 N–H and O–H groups in total. The number of carbonyl (C=O) groups excluding carboxylic acids is 1. The van der Waals surface area contributed by atoms with Crippen LogP contribution in [0.25, 0.3) is 0 Å². The second kappa shape index (κ2) is 4.47. The summed E-state index contributed by atoms with van der Waals surface area (Å²) >= 11 is 0. The minimum atomic E-state index is -0.716. The van der Waals surface area contributed by atoms with Gasteiger partial charge < -0.3 is 15.7 Å². The molecule has 92 valence electrons. The van der Waals surface area contributed by atoms with Crippen LogP contribution in [-0.4, -0.2) is 34.6 Å². The van der Waals surface area contributed by atoms with Gasteiger partial charge in [-0.1, -0.05) is 30.3 Å². The van der Waals surface area contributed by atoms with Crippen molar-refractivity contribution in [3.8, 4) is 0 Å². The Morgan fingerprint density at radius 2 is 2.06 bits per heavy atom. The van der Waals surface area contributed by atoms with Crippen molar-refractivity contribution in [1.82, 2.24) is 4.90 Å². The standard InChI is InChI=1S/C13H18N2O2/c1-13(17)8-15(9-13)12(16)7-11(14)10-5-3-2-4-6-10/h2-6,11,17H,7-9,14H2,1H3. The molecule has 1 amide bonds. The van der Waals surface area contributed by atoms with E-state index in [1.807, 2.05) is 30.3 Å². The van der Waals surface area contributed by atoms with Crippen molar-refractivity contribution in [2.75, 3.05) is 13.1 Å². The van der Waals surface area contributed by atoms with Gasteiger partial charge in [0, 0.05) is 12.5 Å². The first-order chi connectivity index (χ1) is 7.98. The summed E-state index contributed by atoms with van der Waals surface area (Å²) in [5.41, 5.74) is 6.22. The van der Waals surface area contributed by atoms with Crippen LogP contribution in [0.4, 0.5) is 0 Å². The SMILES string of the molecule is CC1(O)CN(C(=O)CC(N)c2ccccc2)C1. The molecule has 1 atom stereocenters. The average Bonchev–Trinajstić information content (AvgIpc) is 2.26. The number of hydrogen-bond donors (Lipinski definition) is 2. The van der Waals surface area contributed by atoms with Crippen LogP contribution < -0.4 is 5.73 Å². The van der Waals surface area contributed by atoms with E-state index in [-0.39, 0.29) is 11.9 Å². The first kappa shape index (κ1) is 12.1. The fourth-order valence-electron chi connectivity index (χ4n) is 2.09. The maximum Gasteiger partial charge on any atom is 0.224 e. The predicted molar refractivity (Wildman–Crippen MR) is 65.2 cm³/mol. The quantitative estimate of drug-likeness (QED) is 0.807. The Morgan fingerprint density at radius 1 is 1.47 bits per heavy atom. The van der Waals surface area contributed by atoms with Crippen molar-refractivity contribution < 1.29 is 9.90 Å². The number of carbonyl (C=O) groups is 1. The van der Waals surface area contributed by atoms with Crippen LogP contribution in [0.3, 0.4) is 0 Å². The molecule has 0 bridgehead atoms. The van der Waals surface area contributed by atoms with E-state index in [0.717, 1.165) is 5.56 Å². The summed E-state index contributed by atoms with van der Waals surface area (Å²) in [6, 6.07) is 9.32. The van der Waals surface area contributed by atoms with Gasteiger partial charge in [-0.3, -0.25) is 4.79 Å². The van der Waals surface area contributed by atoms with Crippen LogP contribution in [0.2, 0.25) is 0 Å². The Bertz CT molecular complexity index is 395. The highest BCUT2D eigenvalue weighted by molar-refractivity contribution is 5.78. The van der Waals surface area contributed by atoms with E-state index in [9.17, 15) is 9.90 Å². The van der Waals surface area contributed by atoms with Gasteiger partial charge >= 0.3 is 0 Å². The molecule has 4 heteroatoms. The topological polar surface area (TPSA) is 66.6 Å². The molecule has 1 aromatic carbocycles. The second-order valence-corrected chi connectivity index (χ2v) is 4.97. The summed E-state index contributed by atoms with van der Waals surface area (Å²) in [5.74, 6) is 0.00729. The number of amides is 1. The molecule has 0 saturated carbocycles. The van der Waals surface area contributed by atoms with Crippen LogP contribution >= 0.6 is 0 Å². The van der Waals surface area contributed by atoms with E-state index >= 15 is 0 Å². The molecule has 17 heavy (non-hydrogen) atoms. The Balaban J connectivity index is 1.88. The molecule has 4 nitrogen and oxygen atoms in total. The number of β-amino-alcohol motifs (C(OH)–C–C–N with tert-alkyl or cyclic N) is 1. The largest absolute Gasteiger partial charge is 0.386 e. The number of hydrogen-bond acceptors (Lipinski definition) is 3. The Kier molecular flexibility index (Phi) is 3.17. The van der Waals surface area contributed by atoms with E-state index in [2.05, 4.69) is 0 Å². The summed E-state index contributed by atoms with van der Waals surface area (Å²) in [5, 5.41) is 9.56. The molecule has 1 aromatic rings. The number of nitrogens with two attached hydrogens (primary N) is 1. The van der Waals surface area contributed by atoms with Crippen molar-refractivity contribution in [2.24, 2.45) is 5.73 Å². The minimum Gasteiger partial charge on any atom is -0.386 e. The molecular formula is C13H18N2O2. The molecular weight excluding hydrogens is 216 g/mol. The van der Waals surface area contributed by atoms with Gasteiger partial charge in [-0.05, 0) is 12.5 Å². The molecule has 1 saturated heterocycles. The monoisotopic (exact) mass is 234 g/mol. The van der Waals surface area contributed by atoms with E-state index in [4.69, 9.17) is 5.73 Å². The van der Waals surface area contributed by atoms with Crippen LogP contribution in [0.15, 0.2) is 30.3 Å². The van der Waals surface area contributed by atoms with Gasteiger partial charge in [-0.25, -0.2) is 0 Å². The zero-order chi connectivity index (χ0) is 12.5. The summed E-state index contributed by atoms with van der Waals surface area (Å²) < 4.78 is 0. The van der Waals surface area contributed by atoms with Crippen molar-refractivity contribution in [3.63, 3.8) is 0 Å². The maximum atomic E-state index is 11.8. The van der Waals surface area contributed by atoms with Gasteiger partial charge in [0.2, 0.25) is 5.91 Å². The van der Waals surface area contributed by atoms with Crippen LogP contribution in [0, 0.1) is 0 Å². The lowest BCUT2D eigenvalue weighted by molar-refractivity contribution is -0.152. The molecule has 0 aromatic heterocycles. The zero-order valence-electron chi connectivity index (χ0n) is 9.97. The molecule has 0 radical (unpaired) electrons. The number of rotatable bonds is 3. The number of likely N-dealkylation sites (tertiary alicyclic amines) is 1. The average molecular weight is 234 g/mol. The van der Waals surface area contributed by atoms with E-state index in [0.29, 0.717) is 19.5 Å². The summed E-state index contributed by atoms with van der Waals surface area (Å²) in [4.78, 5) is 13.5. The molecule has 1 fully saturated rings. The Morgan fingerprint density at radius 3 is 2.59 bits per heavy atom. The minimum absolute atomic E-state index is 0.00729. The third-order valence-corrected chi connectivity index (χ3v) is 3.04. The van der Waals surface area contributed by atoms with Gasteiger partial charge in [-0.15, -0.1) is 0 Å². The smallest absolute Gasteiger partial charge is 0.224 e. The second-order valence-electron chi connectivity index (χ2n) is 4.97. The molecule has 0 aliphatic carbocycles. The fraction of sp³-hybridized carbons (Fsp3) is 0.462. The lowest BCUT2D eigenvalue weighted by Crippen LogP contribution is -2.61. The maximum absolute atomic E-state index is 11.8. The lowest BCUT2D eigenvalue weighted by atomic mass is 9.95. The first-order valence-electron chi connectivity index (χ1n) is 5.79. The highest BCUT2D eigenvalue weighted by atomic mass is 16.3. The van der Waals surface area contributed by atoms with Crippen molar-refractivity contribution in [2.45, 2.75) is 25.0 Å². The summed E-state index contributed by atoms with van der Waals surface area (Å²) in [7, 11) is 0. The van der Waals surface area contributed by atoms with Gasteiger partial charge in [0.25, 0.3) is 0 Å². The predicted octanol–water partition coefficient (Wildman–Crippen LogP) is 0.670. The molecule has 0 spiro atoms. The van der Waals surface area contributed by atoms with Gasteiger partial charge in [0.05, 0.1) is 18.7 Å². The van der Waals surface area contributed by atoms with Gasteiger partial charge in [-0.2, -0.15) is 0 Å². The van der Waals surface area contributed by atoms with E-state index in [1.165, 1.54) is 0 Å². The summed E-state index contributed by atoms with van der Waals surface area (Å²) in [6.07, 6.45) is 0.292. The van der Waals surface area contributed by atoms with Crippen molar-refractivity contribution in [1.29, 1.82) is 0 Å². The third kappa shape index (κ3) is 2.84. The van der Waals surface area contributed by atoms with Crippen molar-refractivity contribution >= 4 is 5.91 Å². The van der Waals surface area contributed by atoms with Gasteiger partial charge in [0.1, 0.15) is 0 Å². The fourth-order valence-corrected chi connectivity index (χ4v) is 2.09. The van der Waals surface area contributed by atoms with Crippen LogP contribution in [0.1, 0.15) is 24.9 Å². The Labute approximate surface area is 101 Å². The van der Waals surface area contributed by atoms with E-state index < -0.39 is 5.60 Å². The first-order valence-corrected chi connectivity index (χ1v) is 5.79. The number of benzene rings is 1.